The summed E-state index contributed by atoms with van der Waals surface area (Å²) in [4.78, 5) is 4.56. The van der Waals surface area contributed by atoms with Gasteiger partial charge in [-0.2, -0.15) is 10.2 Å². The van der Waals surface area contributed by atoms with Crippen molar-refractivity contribution in [3.8, 4) is 0 Å². The van der Waals surface area contributed by atoms with Crippen LogP contribution in [-0.4, -0.2) is 45.2 Å². The summed E-state index contributed by atoms with van der Waals surface area (Å²) in [5.74, 6) is 0.852. The van der Waals surface area contributed by atoms with Crippen LogP contribution in [0.15, 0.2) is 41.9 Å². The Morgan fingerprint density at radius 2 is 1.76 bits per heavy atom. The molecule has 2 heterocycles. The van der Waals surface area contributed by atoms with Crippen molar-refractivity contribution in [3.63, 3.8) is 0 Å². The lowest BCUT2D eigenvalue weighted by Gasteiger charge is -2.11. The monoisotopic (exact) mass is 289 g/mol. The topological polar surface area (TPSA) is 72.1 Å². The fourth-order valence-electron chi connectivity index (χ4n) is 1.92. The van der Waals surface area contributed by atoms with Crippen LogP contribution >= 0.6 is 0 Å². The van der Waals surface area contributed by atoms with Crippen molar-refractivity contribution in [2.24, 2.45) is 4.99 Å². The van der Waals surface area contributed by atoms with E-state index in [0.717, 1.165) is 45.1 Å². The summed E-state index contributed by atoms with van der Waals surface area (Å²) in [6, 6.07) is 3.86. The Labute approximate surface area is 125 Å². The van der Waals surface area contributed by atoms with Crippen LogP contribution in [0.2, 0.25) is 0 Å². The van der Waals surface area contributed by atoms with Crippen LogP contribution in [0.25, 0.3) is 0 Å². The third-order valence-corrected chi connectivity index (χ3v) is 2.91. The molecule has 0 unspecified atom stereocenters. The SMILES string of the molecule is CCNC(=NCCCn1cccn1)NCCn1cccn1. The van der Waals surface area contributed by atoms with Crippen molar-refractivity contribution < 1.29 is 0 Å². The van der Waals surface area contributed by atoms with Crippen LogP contribution in [0.4, 0.5) is 0 Å². The van der Waals surface area contributed by atoms with Gasteiger partial charge in [-0.3, -0.25) is 14.4 Å². The number of nitrogens with zero attached hydrogens (tertiary/aromatic N) is 5. The van der Waals surface area contributed by atoms with E-state index < -0.39 is 0 Å². The van der Waals surface area contributed by atoms with Gasteiger partial charge in [0, 0.05) is 51.0 Å². The lowest BCUT2D eigenvalue weighted by Crippen LogP contribution is -2.39. The highest BCUT2D eigenvalue weighted by atomic mass is 15.3. The van der Waals surface area contributed by atoms with E-state index in [0.29, 0.717) is 0 Å². The van der Waals surface area contributed by atoms with Gasteiger partial charge in [-0.25, -0.2) is 0 Å². The van der Waals surface area contributed by atoms with E-state index >= 15 is 0 Å². The molecule has 7 nitrogen and oxygen atoms in total. The molecule has 0 aromatic carbocycles. The van der Waals surface area contributed by atoms with E-state index in [9.17, 15) is 0 Å². The third-order valence-electron chi connectivity index (χ3n) is 2.91. The van der Waals surface area contributed by atoms with E-state index in [-0.39, 0.29) is 0 Å². The third kappa shape index (κ3) is 5.68. The first-order valence-electron chi connectivity index (χ1n) is 7.35. The van der Waals surface area contributed by atoms with Gasteiger partial charge in [0.05, 0.1) is 6.54 Å². The molecule has 2 N–H and O–H groups in total. The molecular formula is C14H23N7. The summed E-state index contributed by atoms with van der Waals surface area (Å²) in [7, 11) is 0. The van der Waals surface area contributed by atoms with Crippen LogP contribution < -0.4 is 10.6 Å². The van der Waals surface area contributed by atoms with Crippen LogP contribution in [0, 0.1) is 0 Å². The first-order valence-corrected chi connectivity index (χ1v) is 7.35. The second-order valence-electron chi connectivity index (χ2n) is 4.58. The highest BCUT2D eigenvalue weighted by Gasteiger charge is 1.97. The first kappa shape index (κ1) is 15.1. The predicted octanol–water partition coefficient (Wildman–Crippen LogP) is 0.725. The lowest BCUT2D eigenvalue weighted by atomic mass is 10.4. The molecule has 21 heavy (non-hydrogen) atoms. The van der Waals surface area contributed by atoms with Crippen LogP contribution in [0.5, 0.6) is 0 Å². The quantitative estimate of drug-likeness (QED) is 0.427. The number of rotatable bonds is 8. The maximum absolute atomic E-state index is 4.56. The van der Waals surface area contributed by atoms with Crippen LogP contribution in [-0.2, 0) is 13.1 Å². The first-order chi connectivity index (χ1) is 10.4. The molecule has 2 aromatic heterocycles. The molecule has 0 aliphatic carbocycles. The number of aliphatic imine (C=N–C) groups is 1. The molecule has 2 aromatic rings. The summed E-state index contributed by atoms with van der Waals surface area (Å²) in [5.41, 5.74) is 0. The summed E-state index contributed by atoms with van der Waals surface area (Å²) >= 11 is 0. The molecule has 0 radical (unpaired) electrons. The van der Waals surface area contributed by atoms with Gasteiger partial charge in [-0.15, -0.1) is 0 Å². The van der Waals surface area contributed by atoms with Crippen LogP contribution in [0.1, 0.15) is 13.3 Å². The van der Waals surface area contributed by atoms with E-state index in [1.54, 1.807) is 12.4 Å². The number of aromatic nitrogens is 4. The molecular weight excluding hydrogens is 266 g/mol. The van der Waals surface area contributed by atoms with Crippen LogP contribution in [0.3, 0.4) is 0 Å². The standard InChI is InChI=1S/C14H23N7/c1-2-15-14(17-9-13-21-12-5-8-19-21)16-6-3-10-20-11-4-7-18-20/h4-5,7-8,11-12H,2-3,6,9-10,13H2,1H3,(H2,15,16,17). The summed E-state index contributed by atoms with van der Waals surface area (Å²) in [6.45, 7) is 6.21. The largest absolute Gasteiger partial charge is 0.357 e. The van der Waals surface area contributed by atoms with Gasteiger partial charge in [0.2, 0.25) is 0 Å². The zero-order valence-corrected chi connectivity index (χ0v) is 12.4. The van der Waals surface area contributed by atoms with Crippen molar-refractivity contribution in [2.75, 3.05) is 19.6 Å². The minimum absolute atomic E-state index is 0.775. The highest BCUT2D eigenvalue weighted by Crippen LogP contribution is 1.90. The minimum Gasteiger partial charge on any atom is -0.357 e. The van der Waals surface area contributed by atoms with Gasteiger partial charge in [0.15, 0.2) is 5.96 Å². The van der Waals surface area contributed by atoms with Gasteiger partial charge in [0.25, 0.3) is 0 Å². The number of guanidine groups is 1. The predicted molar refractivity (Wildman–Crippen MR) is 83.1 cm³/mol. The zero-order chi connectivity index (χ0) is 14.8. The van der Waals surface area contributed by atoms with E-state index in [4.69, 9.17) is 0 Å². The van der Waals surface area contributed by atoms with Gasteiger partial charge in [-0.1, -0.05) is 0 Å². The summed E-state index contributed by atoms with van der Waals surface area (Å²) < 4.78 is 3.82. The van der Waals surface area contributed by atoms with E-state index in [2.05, 4.69) is 32.7 Å². The highest BCUT2D eigenvalue weighted by molar-refractivity contribution is 5.79. The molecule has 0 saturated heterocycles. The number of hydrogen-bond donors (Lipinski definition) is 2. The Kier molecular flexibility index (Phi) is 6.31. The number of nitrogens with one attached hydrogen (secondary N) is 2. The molecule has 0 bridgehead atoms. The van der Waals surface area contributed by atoms with Crippen molar-refractivity contribution in [3.05, 3.63) is 36.9 Å². The fourth-order valence-corrected chi connectivity index (χ4v) is 1.92. The minimum atomic E-state index is 0.775. The maximum atomic E-state index is 4.56. The van der Waals surface area contributed by atoms with Gasteiger partial charge < -0.3 is 10.6 Å². The molecule has 114 valence electrons. The number of hydrogen-bond acceptors (Lipinski definition) is 3. The molecule has 2 rings (SSSR count). The molecule has 0 spiro atoms. The fraction of sp³-hybridized carbons (Fsp3) is 0.500. The molecule has 0 aliphatic rings. The second-order valence-corrected chi connectivity index (χ2v) is 4.58. The van der Waals surface area contributed by atoms with Crippen molar-refractivity contribution in [1.29, 1.82) is 0 Å². The van der Waals surface area contributed by atoms with Crippen molar-refractivity contribution in [2.45, 2.75) is 26.4 Å². The van der Waals surface area contributed by atoms with Gasteiger partial charge >= 0.3 is 0 Å². The second kappa shape index (κ2) is 8.78. The Bertz CT molecular complexity index is 501. The Balaban J connectivity index is 1.68. The normalized spacial score (nSPS) is 11.6. The lowest BCUT2D eigenvalue weighted by molar-refractivity contribution is 0.580. The Hall–Kier alpha value is -2.31. The average Bonchev–Trinajstić information content (AvgIpc) is 3.17. The van der Waals surface area contributed by atoms with Gasteiger partial charge in [0.1, 0.15) is 0 Å². The molecule has 0 aliphatic heterocycles. The molecule has 0 fully saturated rings. The molecule has 0 saturated carbocycles. The smallest absolute Gasteiger partial charge is 0.191 e. The Morgan fingerprint density at radius 3 is 2.38 bits per heavy atom. The van der Waals surface area contributed by atoms with E-state index in [1.165, 1.54) is 0 Å². The summed E-state index contributed by atoms with van der Waals surface area (Å²) in [5, 5.41) is 14.9. The number of aryl methyl sites for hydroxylation is 1. The van der Waals surface area contributed by atoms with E-state index in [1.807, 2.05) is 33.9 Å². The van der Waals surface area contributed by atoms with Crippen molar-refractivity contribution >= 4 is 5.96 Å². The summed E-state index contributed by atoms with van der Waals surface area (Å²) in [6.07, 6.45) is 8.48. The molecule has 7 heteroatoms. The van der Waals surface area contributed by atoms with Crippen molar-refractivity contribution in [1.82, 2.24) is 30.2 Å². The Morgan fingerprint density at radius 1 is 1.05 bits per heavy atom. The molecule has 0 atom stereocenters. The molecule has 0 amide bonds. The maximum Gasteiger partial charge on any atom is 0.191 e. The zero-order valence-electron chi connectivity index (χ0n) is 12.4. The average molecular weight is 289 g/mol. The van der Waals surface area contributed by atoms with Gasteiger partial charge in [-0.05, 0) is 25.5 Å².